The lowest BCUT2D eigenvalue weighted by molar-refractivity contribution is -0.401. The molecule has 132 valence electrons. The third-order valence-electron chi connectivity index (χ3n) is 4.36. The maximum absolute atomic E-state index is 11.1. The van der Waals surface area contributed by atoms with Crippen LogP contribution >= 0.6 is 0 Å². The molecule has 0 unspecified atom stereocenters. The van der Waals surface area contributed by atoms with Gasteiger partial charge in [-0.3, -0.25) is 10.1 Å². The summed E-state index contributed by atoms with van der Waals surface area (Å²) < 4.78 is 0. The highest BCUT2D eigenvalue weighted by Gasteiger charge is 2.17. The van der Waals surface area contributed by atoms with Crippen LogP contribution < -0.4 is 0 Å². The summed E-state index contributed by atoms with van der Waals surface area (Å²) in [7, 11) is 0. The maximum atomic E-state index is 11.1. The van der Waals surface area contributed by atoms with Crippen molar-refractivity contribution in [3.8, 4) is 0 Å². The molecule has 0 atom stereocenters. The van der Waals surface area contributed by atoms with E-state index in [0.29, 0.717) is 5.57 Å². The molecular weight excluding hydrogens is 310 g/mol. The lowest BCUT2D eigenvalue weighted by Crippen LogP contribution is -2.11. The average molecular weight is 337 g/mol. The highest BCUT2D eigenvalue weighted by Crippen LogP contribution is 2.29. The second-order valence-corrected chi connectivity index (χ2v) is 8.48. The summed E-state index contributed by atoms with van der Waals surface area (Å²) in [6, 6.07) is 16.1. The van der Waals surface area contributed by atoms with Gasteiger partial charge in [0, 0.05) is 0 Å². The molecule has 0 N–H and O–H groups in total. The van der Waals surface area contributed by atoms with Crippen LogP contribution in [0.3, 0.4) is 0 Å². The minimum atomic E-state index is -0.384. The molecule has 0 fully saturated rings. The van der Waals surface area contributed by atoms with E-state index in [1.807, 2.05) is 48.5 Å². The summed E-state index contributed by atoms with van der Waals surface area (Å²) in [5.74, 6) is 0. The quantitative estimate of drug-likeness (QED) is 0.513. The fraction of sp³-hybridized carbons (Fsp3) is 0.364. The van der Waals surface area contributed by atoms with Gasteiger partial charge >= 0.3 is 0 Å². The van der Waals surface area contributed by atoms with Crippen molar-refractivity contribution < 1.29 is 4.92 Å². The van der Waals surface area contributed by atoms with Gasteiger partial charge in [0.25, 0.3) is 0 Å². The zero-order valence-electron chi connectivity index (χ0n) is 16.0. The first-order valence-corrected chi connectivity index (χ1v) is 8.55. The van der Waals surface area contributed by atoms with Gasteiger partial charge in [-0.05, 0) is 33.1 Å². The Morgan fingerprint density at radius 1 is 0.760 bits per heavy atom. The minimum absolute atomic E-state index is 0.0554. The van der Waals surface area contributed by atoms with Crippen molar-refractivity contribution in [3.05, 3.63) is 87.1 Å². The van der Waals surface area contributed by atoms with Gasteiger partial charge in [0.2, 0.25) is 6.20 Å². The standard InChI is InChI=1S/C22H27NO2/c1-21(2,3)18-11-7-16(8-12-18)20(15-23(24)25)17-9-13-19(14-10-17)22(4,5)6/h7-15H,1-6H3. The highest BCUT2D eigenvalue weighted by molar-refractivity contribution is 5.79. The Balaban J connectivity index is 2.46. The molecule has 0 saturated carbocycles. The van der Waals surface area contributed by atoms with Crippen LogP contribution in [0, 0.1) is 10.1 Å². The molecule has 2 aromatic carbocycles. The molecule has 0 heterocycles. The van der Waals surface area contributed by atoms with E-state index >= 15 is 0 Å². The summed E-state index contributed by atoms with van der Waals surface area (Å²) >= 11 is 0. The van der Waals surface area contributed by atoms with E-state index < -0.39 is 0 Å². The average Bonchev–Trinajstić information content (AvgIpc) is 2.51. The van der Waals surface area contributed by atoms with Crippen LogP contribution in [-0.2, 0) is 10.8 Å². The van der Waals surface area contributed by atoms with E-state index in [4.69, 9.17) is 0 Å². The van der Waals surface area contributed by atoms with Crippen molar-refractivity contribution in [2.24, 2.45) is 0 Å². The number of nitro groups is 1. The normalized spacial score (nSPS) is 11.9. The second kappa shape index (κ2) is 6.83. The van der Waals surface area contributed by atoms with Crippen molar-refractivity contribution in [3.63, 3.8) is 0 Å². The van der Waals surface area contributed by atoms with Crippen molar-refractivity contribution >= 4 is 5.57 Å². The molecule has 2 aromatic rings. The molecular formula is C22H27NO2. The van der Waals surface area contributed by atoms with Gasteiger partial charge < -0.3 is 0 Å². The van der Waals surface area contributed by atoms with Gasteiger partial charge in [0.15, 0.2) is 0 Å². The van der Waals surface area contributed by atoms with Crippen LogP contribution in [0.5, 0.6) is 0 Å². The lowest BCUT2D eigenvalue weighted by atomic mass is 9.84. The first-order valence-electron chi connectivity index (χ1n) is 8.55. The maximum Gasteiger partial charge on any atom is 0.242 e. The topological polar surface area (TPSA) is 43.1 Å². The number of hydrogen-bond acceptors (Lipinski definition) is 2. The van der Waals surface area contributed by atoms with Crippen molar-refractivity contribution in [2.75, 3.05) is 0 Å². The predicted molar refractivity (Wildman–Crippen MR) is 104 cm³/mol. The van der Waals surface area contributed by atoms with Crippen LogP contribution in [0.25, 0.3) is 5.57 Å². The third-order valence-corrected chi connectivity index (χ3v) is 4.36. The third kappa shape index (κ3) is 4.79. The molecule has 0 amide bonds. The highest BCUT2D eigenvalue weighted by atomic mass is 16.6. The van der Waals surface area contributed by atoms with Crippen LogP contribution in [0.4, 0.5) is 0 Å². The molecule has 0 radical (unpaired) electrons. The molecule has 2 rings (SSSR count). The van der Waals surface area contributed by atoms with Crippen LogP contribution in [0.15, 0.2) is 54.7 Å². The minimum Gasteiger partial charge on any atom is -0.259 e. The molecule has 0 spiro atoms. The van der Waals surface area contributed by atoms with E-state index in [1.165, 1.54) is 11.1 Å². The van der Waals surface area contributed by atoms with Crippen molar-refractivity contribution in [2.45, 2.75) is 52.4 Å². The molecule has 0 aliphatic rings. The van der Waals surface area contributed by atoms with Gasteiger partial charge in [0.1, 0.15) is 0 Å². The van der Waals surface area contributed by atoms with Crippen LogP contribution in [0.1, 0.15) is 63.8 Å². The Hall–Kier alpha value is -2.42. The number of rotatable bonds is 3. The Bertz CT molecular complexity index is 711. The zero-order valence-corrected chi connectivity index (χ0v) is 16.0. The van der Waals surface area contributed by atoms with Crippen LogP contribution in [0.2, 0.25) is 0 Å². The van der Waals surface area contributed by atoms with Gasteiger partial charge in [-0.25, -0.2) is 0 Å². The zero-order chi connectivity index (χ0) is 18.8. The molecule has 3 heteroatoms. The van der Waals surface area contributed by atoms with E-state index in [-0.39, 0.29) is 15.8 Å². The first kappa shape index (κ1) is 18.9. The lowest BCUT2D eigenvalue weighted by Gasteiger charge is -2.20. The SMILES string of the molecule is CC(C)(C)c1ccc(C(=C[N+](=O)[O-])c2ccc(C(C)(C)C)cc2)cc1. The summed E-state index contributed by atoms with van der Waals surface area (Å²) in [6.45, 7) is 12.9. The monoisotopic (exact) mass is 337 g/mol. The Labute approximate surface area is 150 Å². The van der Waals surface area contributed by atoms with Gasteiger partial charge in [-0.2, -0.15) is 0 Å². The fourth-order valence-corrected chi connectivity index (χ4v) is 2.72. The van der Waals surface area contributed by atoms with Crippen molar-refractivity contribution in [1.29, 1.82) is 0 Å². The Morgan fingerprint density at radius 3 is 1.32 bits per heavy atom. The largest absolute Gasteiger partial charge is 0.259 e. The molecule has 0 saturated heterocycles. The van der Waals surface area contributed by atoms with E-state index in [0.717, 1.165) is 17.3 Å². The fourth-order valence-electron chi connectivity index (χ4n) is 2.72. The summed E-state index contributed by atoms with van der Waals surface area (Å²) in [4.78, 5) is 10.8. The van der Waals surface area contributed by atoms with Crippen molar-refractivity contribution in [1.82, 2.24) is 0 Å². The first-order chi connectivity index (χ1) is 11.5. The van der Waals surface area contributed by atoms with E-state index in [9.17, 15) is 10.1 Å². The number of nitrogens with zero attached hydrogens (tertiary/aromatic N) is 1. The van der Waals surface area contributed by atoms with Gasteiger partial charge in [-0.1, -0.05) is 90.1 Å². The molecule has 0 bridgehead atoms. The summed E-state index contributed by atoms with van der Waals surface area (Å²) in [5, 5.41) is 11.1. The molecule has 0 aliphatic carbocycles. The second-order valence-electron chi connectivity index (χ2n) is 8.48. The summed E-state index contributed by atoms with van der Waals surface area (Å²) in [5.41, 5.74) is 4.87. The Kier molecular flexibility index (Phi) is 5.17. The van der Waals surface area contributed by atoms with Gasteiger partial charge in [0.05, 0.1) is 10.5 Å². The van der Waals surface area contributed by atoms with Gasteiger partial charge in [-0.15, -0.1) is 0 Å². The molecule has 3 nitrogen and oxygen atoms in total. The van der Waals surface area contributed by atoms with E-state index in [2.05, 4.69) is 41.5 Å². The Morgan fingerprint density at radius 2 is 1.08 bits per heavy atom. The summed E-state index contributed by atoms with van der Waals surface area (Å²) in [6.07, 6.45) is 1.10. The van der Waals surface area contributed by atoms with Crippen LogP contribution in [-0.4, -0.2) is 4.92 Å². The molecule has 25 heavy (non-hydrogen) atoms. The smallest absolute Gasteiger partial charge is 0.242 e. The molecule has 0 aliphatic heterocycles. The molecule has 0 aromatic heterocycles. The number of benzene rings is 2. The van der Waals surface area contributed by atoms with E-state index in [1.54, 1.807) is 0 Å². The predicted octanol–water partition coefficient (Wildman–Crippen LogP) is 5.95. The number of hydrogen-bond donors (Lipinski definition) is 0.